The van der Waals surface area contributed by atoms with Gasteiger partial charge in [-0.2, -0.15) is 5.06 Å². The predicted octanol–water partition coefficient (Wildman–Crippen LogP) is -0.830. The minimum absolute atomic E-state index is 0.00431. The maximum Gasteiger partial charge on any atom is 0.142 e. The van der Waals surface area contributed by atoms with Crippen molar-refractivity contribution < 1.29 is 33.3 Å². The fourth-order valence-electron chi connectivity index (χ4n) is 3.86. The minimum Gasteiger partial charge on any atom is -0.382 e. The van der Waals surface area contributed by atoms with E-state index >= 15 is 0 Å². The van der Waals surface area contributed by atoms with Gasteiger partial charge in [0.15, 0.2) is 0 Å². The van der Waals surface area contributed by atoms with E-state index in [4.69, 9.17) is 33.3 Å². The zero-order valence-corrected chi connectivity index (χ0v) is 17.4. The number of thiol groups is 1. The first-order chi connectivity index (χ1) is 12.5. The summed E-state index contributed by atoms with van der Waals surface area (Å²) in [6.45, 7) is 1.53. The molecule has 8 nitrogen and oxygen atoms in total. The second-order valence-electron chi connectivity index (χ2n) is 6.77. The zero-order valence-electron chi connectivity index (χ0n) is 16.5. The molecule has 10 heteroatoms. The van der Waals surface area contributed by atoms with Gasteiger partial charge in [-0.1, -0.05) is 0 Å². The van der Waals surface area contributed by atoms with Crippen molar-refractivity contribution in [1.82, 2.24) is 5.06 Å². The SMILES string of the molecule is BC1OC(COC)[C@@H](CN(C)OCC2O[C@@H](S)[C@H](OC)[C@@H]2OC)[C@H]1OC. The van der Waals surface area contributed by atoms with Crippen LogP contribution in [0.15, 0.2) is 0 Å². The molecule has 2 aliphatic rings. The van der Waals surface area contributed by atoms with Crippen molar-refractivity contribution in [3.8, 4) is 0 Å². The third-order valence-corrected chi connectivity index (χ3v) is 5.53. The molecule has 8 atom stereocenters. The van der Waals surface area contributed by atoms with Crippen molar-refractivity contribution in [3.05, 3.63) is 0 Å². The van der Waals surface area contributed by atoms with Crippen LogP contribution >= 0.6 is 12.6 Å². The lowest BCUT2D eigenvalue weighted by Gasteiger charge is -2.28. The maximum absolute atomic E-state index is 5.97. The quantitative estimate of drug-likeness (QED) is 0.293. The number of hydroxylamine groups is 2. The van der Waals surface area contributed by atoms with Crippen LogP contribution in [-0.4, -0.2) is 110 Å². The van der Waals surface area contributed by atoms with E-state index in [-0.39, 0.29) is 47.9 Å². The highest BCUT2D eigenvalue weighted by molar-refractivity contribution is 7.80. The largest absolute Gasteiger partial charge is 0.382 e. The predicted molar refractivity (Wildman–Crippen MR) is 101 cm³/mol. The number of hydrogen-bond acceptors (Lipinski definition) is 9. The number of hydrogen-bond donors (Lipinski definition) is 1. The summed E-state index contributed by atoms with van der Waals surface area (Å²) in [7, 11) is 10.6. The molecule has 0 radical (unpaired) electrons. The van der Waals surface area contributed by atoms with Gasteiger partial charge in [0.25, 0.3) is 0 Å². The standard InChI is InChI=1S/C16H32BNO7S/c1-18(6-9-10(7-19-2)24-15(17)12(9)20-3)23-8-11-13(21-4)14(22-5)16(26)25-11/h9-16,26H,6-8,17H2,1-5H3/t9-,10?,11?,12-,13-,14-,15?,16+/m1/s1. The average molecular weight is 393 g/mol. The molecule has 0 aromatic carbocycles. The maximum atomic E-state index is 5.97. The van der Waals surface area contributed by atoms with Crippen molar-refractivity contribution in [2.24, 2.45) is 5.92 Å². The van der Waals surface area contributed by atoms with E-state index in [0.717, 1.165) is 0 Å². The van der Waals surface area contributed by atoms with Crippen LogP contribution in [0.1, 0.15) is 0 Å². The van der Waals surface area contributed by atoms with Crippen LogP contribution in [0.2, 0.25) is 0 Å². The molecule has 2 saturated heterocycles. The van der Waals surface area contributed by atoms with Crippen molar-refractivity contribution >= 4 is 20.5 Å². The molecule has 0 saturated carbocycles. The first-order valence-corrected chi connectivity index (χ1v) is 9.38. The molecule has 26 heavy (non-hydrogen) atoms. The van der Waals surface area contributed by atoms with Crippen molar-refractivity contribution in [3.63, 3.8) is 0 Å². The third kappa shape index (κ3) is 5.12. The first kappa shape index (κ1) is 22.4. The number of nitrogens with zero attached hydrogens (tertiary/aromatic N) is 1. The molecular weight excluding hydrogens is 361 g/mol. The summed E-state index contributed by atoms with van der Waals surface area (Å²) in [6, 6.07) is 0.0157. The van der Waals surface area contributed by atoms with E-state index in [0.29, 0.717) is 19.8 Å². The van der Waals surface area contributed by atoms with Crippen LogP contribution in [0.3, 0.4) is 0 Å². The molecule has 152 valence electrons. The van der Waals surface area contributed by atoms with Crippen molar-refractivity contribution in [1.29, 1.82) is 0 Å². The van der Waals surface area contributed by atoms with Crippen molar-refractivity contribution in [2.45, 2.75) is 42.0 Å². The Kier molecular flexibility index (Phi) is 9.12. The Balaban J connectivity index is 1.88. The number of ether oxygens (including phenoxy) is 6. The van der Waals surface area contributed by atoms with E-state index in [9.17, 15) is 0 Å². The van der Waals surface area contributed by atoms with Crippen LogP contribution in [0, 0.1) is 5.92 Å². The highest BCUT2D eigenvalue weighted by atomic mass is 32.1. The van der Waals surface area contributed by atoms with Gasteiger partial charge in [0, 0.05) is 47.9 Å². The summed E-state index contributed by atoms with van der Waals surface area (Å²) < 4.78 is 33.6. The van der Waals surface area contributed by atoms with Gasteiger partial charge in [0.2, 0.25) is 0 Å². The van der Waals surface area contributed by atoms with Gasteiger partial charge >= 0.3 is 0 Å². The average Bonchev–Trinajstić information content (AvgIpc) is 3.08. The smallest absolute Gasteiger partial charge is 0.142 e. The fraction of sp³-hybridized carbons (Fsp3) is 1.00. The molecule has 0 aromatic rings. The molecule has 2 rings (SSSR count). The van der Waals surface area contributed by atoms with Gasteiger partial charge in [-0.15, -0.1) is 12.6 Å². The molecule has 0 amide bonds. The second kappa shape index (κ2) is 10.6. The molecule has 0 bridgehead atoms. The lowest BCUT2D eigenvalue weighted by atomic mass is 9.87. The Hall–Kier alpha value is 0.0949. The van der Waals surface area contributed by atoms with Gasteiger partial charge in [0.1, 0.15) is 31.6 Å². The molecule has 0 spiro atoms. The Morgan fingerprint density at radius 3 is 2.15 bits per heavy atom. The van der Waals surface area contributed by atoms with Gasteiger partial charge in [-0.25, -0.2) is 0 Å². The van der Waals surface area contributed by atoms with Crippen LogP contribution in [-0.2, 0) is 33.3 Å². The van der Waals surface area contributed by atoms with Gasteiger partial charge < -0.3 is 28.4 Å². The van der Waals surface area contributed by atoms with Crippen LogP contribution in [0.4, 0.5) is 0 Å². The van der Waals surface area contributed by atoms with Crippen LogP contribution in [0.5, 0.6) is 0 Å². The number of rotatable bonds is 10. The van der Waals surface area contributed by atoms with E-state index in [1.165, 1.54) is 0 Å². The molecule has 0 aromatic heterocycles. The highest BCUT2D eigenvalue weighted by Crippen LogP contribution is 2.30. The second-order valence-corrected chi connectivity index (χ2v) is 7.28. The van der Waals surface area contributed by atoms with Gasteiger partial charge in [-0.3, -0.25) is 4.84 Å². The molecule has 3 unspecified atom stereocenters. The molecule has 2 heterocycles. The highest BCUT2D eigenvalue weighted by Gasteiger charge is 2.45. The molecular formula is C16H32BNO7S. The normalized spacial score (nSPS) is 40.6. The first-order valence-electron chi connectivity index (χ1n) is 8.87. The van der Waals surface area contributed by atoms with Gasteiger partial charge in [0.05, 0.1) is 31.4 Å². The number of methoxy groups -OCH3 is 4. The summed E-state index contributed by atoms with van der Waals surface area (Å²) in [4.78, 5) is 5.90. The Morgan fingerprint density at radius 1 is 0.923 bits per heavy atom. The van der Waals surface area contributed by atoms with E-state index < -0.39 is 0 Å². The van der Waals surface area contributed by atoms with E-state index in [1.54, 1.807) is 33.5 Å². The Labute approximate surface area is 162 Å². The monoisotopic (exact) mass is 393 g/mol. The fourth-order valence-corrected chi connectivity index (χ4v) is 4.31. The van der Waals surface area contributed by atoms with Crippen molar-refractivity contribution in [2.75, 3.05) is 55.2 Å². The summed E-state index contributed by atoms with van der Waals surface area (Å²) in [5.41, 5.74) is -0.336. The van der Waals surface area contributed by atoms with Crippen LogP contribution < -0.4 is 0 Å². The molecule has 0 N–H and O–H groups in total. The van der Waals surface area contributed by atoms with Gasteiger partial charge in [-0.05, 0) is 0 Å². The topological polar surface area (TPSA) is 67.9 Å². The Morgan fingerprint density at radius 2 is 1.58 bits per heavy atom. The summed E-state index contributed by atoms with van der Waals surface area (Å²) in [5.74, 6) is 0.145. The summed E-state index contributed by atoms with van der Waals surface area (Å²) in [5, 5.41) is 1.80. The molecule has 0 aliphatic carbocycles. The minimum atomic E-state index is -0.336. The molecule has 2 fully saturated rings. The summed E-state index contributed by atoms with van der Waals surface area (Å²) >= 11 is 4.40. The lowest BCUT2D eigenvalue weighted by Crippen LogP contribution is -2.42. The van der Waals surface area contributed by atoms with Crippen LogP contribution in [0.25, 0.3) is 0 Å². The third-order valence-electron chi connectivity index (χ3n) is 5.11. The summed E-state index contributed by atoms with van der Waals surface area (Å²) in [6.07, 6.45) is -0.730. The lowest BCUT2D eigenvalue weighted by molar-refractivity contribution is -0.186. The van der Waals surface area contributed by atoms with E-state index in [2.05, 4.69) is 12.6 Å². The molecule has 2 aliphatic heterocycles. The zero-order chi connectivity index (χ0) is 19.3. The van der Waals surface area contributed by atoms with E-state index in [1.807, 2.05) is 14.9 Å². The Bertz CT molecular complexity index is 424.